The summed E-state index contributed by atoms with van der Waals surface area (Å²) in [6.07, 6.45) is 3.68. The van der Waals surface area contributed by atoms with Gasteiger partial charge in [-0.3, -0.25) is 4.79 Å². The van der Waals surface area contributed by atoms with E-state index in [9.17, 15) is 14.3 Å². The van der Waals surface area contributed by atoms with Crippen LogP contribution >= 0.6 is 0 Å². The first-order valence-corrected chi connectivity index (χ1v) is 13.9. The fraction of sp³-hybridized carbons (Fsp3) is 0.281. The highest BCUT2D eigenvalue weighted by Gasteiger charge is 2.21. The number of hydrogen-bond acceptors (Lipinski definition) is 7. The number of nitrogens with two attached hydrogens (primary N) is 2. The van der Waals surface area contributed by atoms with Crippen LogP contribution in [0.25, 0.3) is 27.7 Å². The van der Waals surface area contributed by atoms with Crippen molar-refractivity contribution in [2.24, 2.45) is 17.5 Å². The van der Waals surface area contributed by atoms with Crippen LogP contribution in [0.4, 0.5) is 10.1 Å². The fourth-order valence-corrected chi connectivity index (χ4v) is 5.56. The van der Waals surface area contributed by atoms with Gasteiger partial charge in [0.15, 0.2) is 5.78 Å². The molecular weight excluding hydrogens is 519 g/mol. The summed E-state index contributed by atoms with van der Waals surface area (Å²) in [4.78, 5) is 17.7. The number of carbonyl (C=O) groups excluding carboxylic acids is 1. The van der Waals surface area contributed by atoms with Gasteiger partial charge >= 0.3 is 0 Å². The molecule has 41 heavy (non-hydrogen) atoms. The number of piperidine rings is 1. The van der Waals surface area contributed by atoms with Crippen LogP contribution in [0, 0.1) is 11.7 Å². The third-order valence-corrected chi connectivity index (χ3v) is 7.74. The van der Waals surface area contributed by atoms with Gasteiger partial charge in [0.05, 0.1) is 11.4 Å². The van der Waals surface area contributed by atoms with Crippen molar-refractivity contribution in [1.82, 2.24) is 14.9 Å². The molecule has 1 fully saturated rings. The number of aromatic nitrogens is 1. The van der Waals surface area contributed by atoms with Crippen molar-refractivity contribution in [3.8, 4) is 16.9 Å². The molecule has 0 unspecified atom stereocenters. The number of halogens is 1. The van der Waals surface area contributed by atoms with E-state index in [-0.39, 0.29) is 11.5 Å². The Morgan fingerprint density at radius 1 is 1.15 bits per heavy atom. The lowest BCUT2D eigenvalue weighted by molar-refractivity contribution is 0.101. The first-order chi connectivity index (χ1) is 19.8. The number of carbonyl (C=O) groups is 1. The standard InChI is InChI=1S/C32H37FN6O2/c1-21(40)32-31(27-18-24(33)8-11-29(27)37-32)28(34)20-39(35)19-22-12-15-38(16-13-22)17-14-36-25-9-6-23(7-10-25)26-4-2-3-5-30(26)41/h2-11,18,20,22,36-37,41H,12-17,19,34-35H2,1H3/b28-20-. The van der Waals surface area contributed by atoms with E-state index in [1.54, 1.807) is 23.3 Å². The van der Waals surface area contributed by atoms with Gasteiger partial charge in [-0.15, -0.1) is 0 Å². The summed E-state index contributed by atoms with van der Waals surface area (Å²) in [6.45, 7) is 5.85. The molecule has 1 aliphatic heterocycles. The number of likely N-dealkylation sites (tertiary alicyclic amines) is 1. The van der Waals surface area contributed by atoms with Gasteiger partial charge in [0.25, 0.3) is 0 Å². The number of hydrogen-bond donors (Lipinski definition) is 5. The number of fused-ring (bicyclic) bond motifs is 1. The lowest BCUT2D eigenvalue weighted by Gasteiger charge is -2.33. The van der Waals surface area contributed by atoms with Crippen LogP contribution < -0.4 is 16.9 Å². The lowest BCUT2D eigenvalue weighted by Crippen LogP contribution is -2.41. The Bertz CT molecular complexity index is 1540. The highest BCUT2D eigenvalue weighted by molar-refractivity contribution is 6.06. The summed E-state index contributed by atoms with van der Waals surface area (Å²) < 4.78 is 13.9. The maximum Gasteiger partial charge on any atom is 0.176 e. The minimum atomic E-state index is -0.394. The Morgan fingerprint density at radius 2 is 1.88 bits per heavy atom. The third-order valence-electron chi connectivity index (χ3n) is 7.74. The van der Waals surface area contributed by atoms with Gasteiger partial charge < -0.3 is 31.0 Å². The number of para-hydroxylation sites is 1. The summed E-state index contributed by atoms with van der Waals surface area (Å²) in [5.74, 6) is 6.44. The number of nitrogens with one attached hydrogen (secondary N) is 2. The maximum absolute atomic E-state index is 13.9. The molecule has 1 saturated heterocycles. The molecule has 0 aliphatic carbocycles. The molecule has 5 rings (SSSR count). The number of H-pyrrole nitrogens is 1. The number of phenolic OH excluding ortho intramolecular Hbond substituents is 1. The Balaban J connectivity index is 1.09. The normalized spacial score (nSPS) is 14.9. The second-order valence-electron chi connectivity index (χ2n) is 10.7. The summed E-state index contributed by atoms with van der Waals surface area (Å²) in [6, 6.07) is 19.8. The minimum Gasteiger partial charge on any atom is -0.507 e. The van der Waals surface area contributed by atoms with Gasteiger partial charge in [0.1, 0.15) is 11.6 Å². The predicted molar refractivity (Wildman–Crippen MR) is 163 cm³/mol. The Hall–Kier alpha value is -4.34. The van der Waals surface area contributed by atoms with Crippen molar-refractivity contribution in [3.05, 3.63) is 90.0 Å². The van der Waals surface area contributed by atoms with Crippen molar-refractivity contribution in [3.63, 3.8) is 0 Å². The van der Waals surface area contributed by atoms with E-state index in [1.165, 1.54) is 19.1 Å². The zero-order valence-electron chi connectivity index (χ0n) is 23.2. The number of nitrogens with zero attached hydrogens (tertiary/aromatic N) is 2. The molecule has 0 atom stereocenters. The van der Waals surface area contributed by atoms with Crippen molar-refractivity contribution in [1.29, 1.82) is 0 Å². The van der Waals surface area contributed by atoms with E-state index in [2.05, 4.69) is 15.2 Å². The largest absolute Gasteiger partial charge is 0.507 e. The van der Waals surface area contributed by atoms with Gasteiger partial charge in [-0.25, -0.2) is 10.2 Å². The van der Waals surface area contributed by atoms with Gasteiger partial charge in [-0.1, -0.05) is 30.3 Å². The SMILES string of the molecule is CC(=O)c1[nH]c2ccc(F)cc2c1/C(N)=C/N(N)CC1CCN(CCNc2ccc(-c3ccccc3O)cc2)CC1. The molecule has 0 bridgehead atoms. The second kappa shape index (κ2) is 12.4. The minimum absolute atomic E-state index is 0.178. The van der Waals surface area contributed by atoms with Crippen LogP contribution in [-0.4, -0.2) is 58.5 Å². The average molecular weight is 557 g/mol. The van der Waals surface area contributed by atoms with Crippen molar-refractivity contribution < 1.29 is 14.3 Å². The average Bonchev–Trinajstić information content (AvgIpc) is 3.34. The molecule has 0 saturated carbocycles. The summed E-state index contributed by atoms with van der Waals surface area (Å²) in [5.41, 5.74) is 11.1. The number of ketones is 1. The maximum atomic E-state index is 13.9. The predicted octanol–water partition coefficient (Wildman–Crippen LogP) is 5.14. The van der Waals surface area contributed by atoms with E-state index in [4.69, 9.17) is 11.6 Å². The number of anilines is 1. The summed E-state index contributed by atoms with van der Waals surface area (Å²) >= 11 is 0. The van der Waals surface area contributed by atoms with E-state index >= 15 is 0 Å². The van der Waals surface area contributed by atoms with E-state index in [0.29, 0.717) is 40.3 Å². The molecule has 0 radical (unpaired) electrons. The highest BCUT2D eigenvalue weighted by Crippen LogP contribution is 2.30. The first-order valence-electron chi connectivity index (χ1n) is 13.9. The van der Waals surface area contributed by atoms with Crippen molar-refractivity contribution in [2.75, 3.05) is 38.0 Å². The van der Waals surface area contributed by atoms with E-state index < -0.39 is 5.82 Å². The lowest BCUT2D eigenvalue weighted by atomic mass is 9.96. The molecule has 1 aromatic heterocycles. The van der Waals surface area contributed by atoms with Gasteiger partial charge in [-0.2, -0.15) is 0 Å². The number of Topliss-reactive ketones (excluding diaryl/α,β-unsaturated/α-hetero) is 1. The monoisotopic (exact) mass is 556 g/mol. The molecule has 0 amide bonds. The van der Waals surface area contributed by atoms with Crippen LogP contribution in [0.15, 0.2) is 72.9 Å². The Morgan fingerprint density at radius 3 is 2.59 bits per heavy atom. The molecule has 0 spiro atoms. The molecule has 214 valence electrons. The molecule has 4 aromatic rings. The first kappa shape index (κ1) is 28.2. The molecule has 9 heteroatoms. The second-order valence-corrected chi connectivity index (χ2v) is 10.7. The Labute approximate surface area is 239 Å². The number of aromatic hydroxyl groups is 1. The number of aromatic amines is 1. The summed E-state index contributed by atoms with van der Waals surface area (Å²) in [7, 11) is 0. The van der Waals surface area contributed by atoms with Gasteiger partial charge in [0.2, 0.25) is 0 Å². The van der Waals surface area contributed by atoms with Crippen molar-refractivity contribution >= 4 is 28.1 Å². The van der Waals surface area contributed by atoms with E-state index in [1.807, 2.05) is 42.5 Å². The number of phenols is 1. The zero-order valence-corrected chi connectivity index (χ0v) is 23.2. The molecule has 7 N–H and O–H groups in total. The van der Waals surface area contributed by atoms with Crippen LogP contribution in [0.3, 0.4) is 0 Å². The molecule has 8 nitrogen and oxygen atoms in total. The van der Waals surface area contributed by atoms with Gasteiger partial charge in [0, 0.05) is 60.5 Å². The van der Waals surface area contributed by atoms with Crippen LogP contribution in [0.2, 0.25) is 0 Å². The van der Waals surface area contributed by atoms with Crippen LogP contribution in [0.5, 0.6) is 5.75 Å². The van der Waals surface area contributed by atoms with Crippen molar-refractivity contribution in [2.45, 2.75) is 19.8 Å². The molecule has 2 heterocycles. The van der Waals surface area contributed by atoms with Crippen LogP contribution in [0.1, 0.15) is 35.8 Å². The molecular formula is C32H37FN6O2. The highest BCUT2D eigenvalue weighted by atomic mass is 19.1. The third kappa shape index (κ3) is 6.70. The van der Waals surface area contributed by atoms with E-state index in [0.717, 1.165) is 55.8 Å². The smallest absolute Gasteiger partial charge is 0.176 e. The summed E-state index contributed by atoms with van der Waals surface area (Å²) in [5, 5.41) is 15.7. The topological polar surface area (TPSA) is 124 Å². The van der Waals surface area contributed by atoms with Crippen LogP contribution in [-0.2, 0) is 0 Å². The Kier molecular flexibility index (Phi) is 8.56. The number of hydrazine groups is 1. The quantitative estimate of drug-likeness (QED) is 0.104. The fourth-order valence-electron chi connectivity index (χ4n) is 5.56. The molecule has 1 aliphatic rings. The molecule has 3 aromatic carbocycles. The zero-order chi connectivity index (χ0) is 28.9. The van der Waals surface area contributed by atoms with Gasteiger partial charge in [-0.05, 0) is 73.8 Å². The number of benzene rings is 3. The number of rotatable bonds is 10.